The Labute approximate surface area is 116 Å². The Balaban J connectivity index is 1.70. The maximum absolute atomic E-state index is 12.3. The molecule has 2 amide bonds. The first-order valence-electron chi connectivity index (χ1n) is 6.63. The van der Waals surface area contributed by atoms with Gasteiger partial charge in [0.15, 0.2) is 0 Å². The molecule has 0 spiro atoms. The highest BCUT2D eigenvalue weighted by atomic mass is 16.5. The van der Waals surface area contributed by atoms with Gasteiger partial charge in [-0.2, -0.15) is 0 Å². The molecule has 0 saturated carbocycles. The van der Waals surface area contributed by atoms with Gasteiger partial charge in [-0.15, -0.1) is 0 Å². The zero-order chi connectivity index (χ0) is 14.1. The van der Waals surface area contributed by atoms with Gasteiger partial charge >= 0.3 is 12.0 Å². The van der Waals surface area contributed by atoms with Crippen molar-refractivity contribution in [2.75, 3.05) is 24.7 Å². The number of aliphatic carboxylic acids is 1. The number of anilines is 1. The number of rotatable bonds is 2. The van der Waals surface area contributed by atoms with Crippen LogP contribution in [0.25, 0.3) is 0 Å². The Morgan fingerprint density at radius 2 is 2.10 bits per heavy atom. The van der Waals surface area contributed by atoms with Crippen LogP contribution in [0.2, 0.25) is 0 Å². The van der Waals surface area contributed by atoms with E-state index in [-0.39, 0.29) is 19.2 Å². The van der Waals surface area contributed by atoms with Crippen LogP contribution < -0.4 is 10.2 Å². The van der Waals surface area contributed by atoms with Crippen LogP contribution in [0.15, 0.2) is 24.3 Å². The second kappa shape index (κ2) is 5.13. The molecule has 2 aliphatic heterocycles. The summed E-state index contributed by atoms with van der Waals surface area (Å²) in [6.07, 6.45) is 0.827. The van der Waals surface area contributed by atoms with Crippen LogP contribution in [0.1, 0.15) is 5.56 Å². The fourth-order valence-electron chi connectivity index (χ4n) is 2.73. The Bertz CT molecular complexity index is 546. The molecule has 6 heteroatoms. The number of hydrogen-bond donors (Lipinski definition) is 2. The molecule has 106 valence electrons. The summed E-state index contributed by atoms with van der Waals surface area (Å²) < 4.78 is 5.15. The zero-order valence-electron chi connectivity index (χ0n) is 10.9. The number of benzene rings is 1. The van der Waals surface area contributed by atoms with Crippen LogP contribution in [-0.2, 0) is 16.0 Å². The molecule has 0 aliphatic carbocycles. The lowest BCUT2D eigenvalue weighted by Gasteiger charge is -2.22. The van der Waals surface area contributed by atoms with Crippen LogP contribution in [0.5, 0.6) is 0 Å². The summed E-state index contributed by atoms with van der Waals surface area (Å²) in [5.41, 5.74) is 2.04. The van der Waals surface area contributed by atoms with Crippen LogP contribution in [0.4, 0.5) is 10.5 Å². The van der Waals surface area contributed by atoms with Crippen molar-refractivity contribution in [3.8, 4) is 0 Å². The lowest BCUT2D eigenvalue weighted by atomic mass is 10.0. The molecule has 1 saturated heterocycles. The molecule has 2 heterocycles. The number of carbonyl (C=O) groups excluding carboxylic acids is 1. The zero-order valence-corrected chi connectivity index (χ0v) is 10.9. The van der Waals surface area contributed by atoms with Crippen molar-refractivity contribution < 1.29 is 19.4 Å². The van der Waals surface area contributed by atoms with Gasteiger partial charge in [0, 0.05) is 12.2 Å². The standard InChI is InChI=1S/C14H16N2O4/c17-13(18)10-7-20-8-11(10)15-14(19)16-6-5-9-3-1-2-4-12(9)16/h1-4,10-11H,5-8H2,(H,15,19)(H,17,18). The molecule has 2 unspecified atom stereocenters. The van der Waals surface area contributed by atoms with Gasteiger partial charge in [-0.1, -0.05) is 18.2 Å². The van der Waals surface area contributed by atoms with Crippen molar-refractivity contribution in [1.29, 1.82) is 0 Å². The van der Waals surface area contributed by atoms with Gasteiger partial charge in [0.2, 0.25) is 0 Å². The summed E-state index contributed by atoms with van der Waals surface area (Å²) in [5.74, 6) is -1.61. The second-order valence-electron chi connectivity index (χ2n) is 5.07. The summed E-state index contributed by atoms with van der Waals surface area (Å²) >= 11 is 0. The third-order valence-corrected chi connectivity index (χ3v) is 3.84. The Kier molecular flexibility index (Phi) is 3.31. The molecule has 2 atom stereocenters. The third kappa shape index (κ3) is 2.22. The van der Waals surface area contributed by atoms with E-state index in [0.717, 1.165) is 17.7 Å². The highest BCUT2D eigenvalue weighted by Gasteiger charge is 2.36. The number of ether oxygens (including phenoxy) is 1. The van der Waals surface area contributed by atoms with E-state index < -0.39 is 17.9 Å². The quantitative estimate of drug-likeness (QED) is 0.839. The fourth-order valence-corrected chi connectivity index (χ4v) is 2.73. The van der Waals surface area contributed by atoms with E-state index in [1.807, 2.05) is 24.3 Å². The van der Waals surface area contributed by atoms with Gasteiger partial charge in [0.25, 0.3) is 0 Å². The average Bonchev–Trinajstić information content (AvgIpc) is 3.04. The lowest BCUT2D eigenvalue weighted by Crippen LogP contribution is -2.48. The van der Waals surface area contributed by atoms with Crippen LogP contribution in [0, 0.1) is 5.92 Å². The molecular weight excluding hydrogens is 260 g/mol. The number of nitrogens with one attached hydrogen (secondary N) is 1. The first-order chi connectivity index (χ1) is 9.66. The van der Waals surface area contributed by atoms with E-state index in [0.29, 0.717) is 6.54 Å². The number of carboxylic acid groups (broad SMARTS) is 1. The maximum Gasteiger partial charge on any atom is 0.322 e. The van der Waals surface area contributed by atoms with Crippen molar-refractivity contribution in [2.45, 2.75) is 12.5 Å². The summed E-state index contributed by atoms with van der Waals surface area (Å²) in [7, 11) is 0. The first kappa shape index (κ1) is 12.9. The molecule has 0 bridgehead atoms. The first-order valence-corrected chi connectivity index (χ1v) is 6.63. The fraction of sp³-hybridized carbons (Fsp3) is 0.429. The summed E-state index contributed by atoms with van der Waals surface area (Å²) in [5, 5.41) is 11.8. The second-order valence-corrected chi connectivity index (χ2v) is 5.07. The van der Waals surface area contributed by atoms with Crippen molar-refractivity contribution >= 4 is 17.7 Å². The molecule has 0 aromatic heterocycles. The van der Waals surface area contributed by atoms with Crippen LogP contribution >= 0.6 is 0 Å². The van der Waals surface area contributed by atoms with Gasteiger partial charge in [0.05, 0.1) is 19.3 Å². The summed E-state index contributed by atoms with van der Waals surface area (Å²) in [4.78, 5) is 25.0. The third-order valence-electron chi connectivity index (χ3n) is 3.84. The number of urea groups is 1. The number of carboxylic acids is 1. The van der Waals surface area contributed by atoms with E-state index >= 15 is 0 Å². The minimum absolute atomic E-state index is 0.150. The van der Waals surface area contributed by atoms with Crippen LogP contribution in [-0.4, -0.2) is 42.9 Å². The molecule has 1 fully saturated rings. The number of hydrogen-bond acceptors (Lipinski definition) is 3. The minimum atomic E-state index is -0.936. The molecule has 6 nitrogen and oxygen atoms in total. The Morgan fingerprint density at radius 3 is 2.90 bits per heavy atom. The Morgan fingerprint density at radius 1 is 1.30 bits per heavy atom. The van der Waals surface area contributed by atoms with E-state index in [4.69, 9.17) is 9.84 Å². The largest absolute Gasteiger partial charge is 0.481 e. The van der Waals surface area contributed by atoms with Gasteiger partial charge in [-0.05, 0) is 18.1 Å². The lowest BCUT2D eigenvalue weighted by molar-refractivity contribution is -0.142. The highest BCUT2D eigenvalue weighted by Crippen LogP contribution is 2.27. The molecule has 2 N–H and O–H groups in total. The number of carbonyl (C=O) groups is 2. The SMILES string of the molecule is O=C(O)C1COCC1NC(=O)N1CCc2ccccc21. The normalized spacial score (nSPS) is 24.5. The average molecular weight is 276 g/mol. The van der Waals surface area contributed by atoms with Gasteiger partial charge in [0.1, 0.15) is 5.92 Å². The van der Waals surface area contributed by atoms with Gasteiger partial charge < -0.3 is 15.2 Å². The smallest absolute Gasteiger partial charge is 0.322 e. The molecule has 1 aromatic carbocycles. The van der Waals surface area contributed by atoms with E-state index in [1.54, 1.807) is 4.90 Å². The number of para-hydroxylation sites is 1. The number of amides is 2. The molecule has 2 aliphatic rings. The highest BCUT2D eigenvalue weighted by molar-refractivity contribution is 5.94. The maximum atomic E-state index is 12.3. The molecular formula is C14H16N2O4. The monoisotopic (exact) mass is 276 g/mol. The predicted molar refractivity (Wildman–Crippen MR) is 71.8 cm³/mol. The number of fused-ring (bicyclic) bond motifs is 1. The topological polar surface area (TPSA) is 78.9 Å². The molecule has 20 heavy (non-hydrogen) atoms. The molecule has 0 radical (unpaired) electrons. The molecule has 3 rings (SSSR count). The summed E-state index contributed by atoms with van der Waals surface area (Å²) in [6, 6.07) is 7.03. The number of nitrogens with zero attached hydrogens (tertiary/aromatic N) is 1. The van der Waals surface area contributed by atoms with Crippen molar-refractivity contribution in [2.24, 2.45) is 5.92 Å². The van der Waals surface area contributed by atoms with Crippen LogP contribution in [0.3, 0.4) is 0 Å². The Hall–Kier alpha value is -2.08. The molecule has 1 aromatic rings. The minimum Gasteiger partial charge on any atom is -0.481 e. The van der Waals surface area contributed by atoms with Crippen molar-refractivity contribution in [1.82, 2.24) is 5.32 Å². The van der Waals surface area contributed by atoms with E-state index in [1.165, 1.54) is 0 Å². The van der Waals surface area contributed by atoms with E-state index in [2.05, 4.69) is 5.32 Å². The van der Waals surface area contributed by atoms with E-state index in [9.17, 15) is 9.59 Å². The predicted octanol–water partition coefficient (Wildman–Crippen LogP) is 0.858. The van der Waals surface area contributed by atoms with Gasteiger partial charge in [-0.25, -0.2) is 4.79 Å². The van der Waals surface area contributed by atoms with Gasteiger partial charge in [-0.3, -0.25) is 9.69 Å². The summed E-state index contributed by atoms with van der Waals surface area (Å²) in [6.45, 7) is 1.02. The van der Waals surface area contributed by atoms with Crippen molar-refractivity contribution in [3.63, 3.8) is 0 Å². The van der Waals surface area contributed by atoms with Crippen molar-refractivity contribution in [3.05, 3.63) is 29.8 Å².